The van der Waals surface area contributed by atoms with Gasteiger partial charge in [-0.25, -0.2) is 0 Å². The monoisotopic (exact) mass is 242 g/mol. The molecule has 0 atom stereocenters. The van der Waals surface area contributed by atoms with Crippen molar-refractivity contribution in [1.82, 2.24) is 15.3 Å². The molecular weight excluding hydrogens is 228 g/mol. The van der Waals surface area contributed by atoms with Crippen molar-refractivity contribution in [2.45, 2.75) is 0 Å². The summed E-state index contributed by atoms with van der Waals surface area (Å²) in [5.41, 5.74) is 3.15. The van der Waals surface area contributed by atoms with Crippen molar-refractivity contribution in [3.05, 3.63) is 30.1 Å². The van der Waals surface area contributed by atoms with Crippen LogP contribution >= 0.6 is 0 Å². The predicted octanol–water partition coefficient (Wildman–Crippen LogP) is 0.852. The molecule has 0 saturated carbocycles. The van der Waals surface area contributed by atoms with Gasteiger partial charge >= 0.3 is 0 Å². The number of nitrogens with one attached hydrogen (secondary N) is 1. The maximum Gasteiger partial charge on any atom is 0.152 e. The third-order valence-electron chi connectivity index (χ3n) is 3.22. The van der Waals surface area contributed by atoms with Gasteiger partial charge in [0.15, 0.2) is 6.29 Å². The lowest BCUT2D eigenvalue weighted by molar-refractivity contribution is 0.112. The zero-order valence-electron chi connectivity index (χ0n) is 9.97. The van der Waals surface area contributed by atoms with Crippen LogP contribution < -0.4 is 10.2 Å². The molecule has 0 unspecified atom stereocenters. The Hall–Kier alpha value is -2.01. The van der Waals surface area contributed by atoms with E-state index in [2.05, 4.69) is 20.2 Å². The highest BCUT2D eigenvalue weighted by Gasteiger charge is 2.15. The van der Waals surface area contributed by atoms with E-state index in [1.807, 2.05) is 12.1 Å². The van der Waals surface area contributed by atoms with Crippen molar-refractivity contribution in [3.63, 3.8) is 0 Å². The number of carbonyl (C=O) groups is 1. The standard InChI is InChI=1S/C13H14N4O/c18-9-10-1-2-11(17-7-5-14-6-8-17)13-12(10)15-3-4-16-13/h1-4,9,14H,5-8H2. The van der Waals surface area contributed by atoms with Gasteiger partial charge in [0.2, 0.25) is 0 Å². The smallest absolute Gasteiger partial charge is 0.152 e. The average Bonchev–Trinajstić information content (AvgIpc) is 2.47. The van der Waals surface area contributed by atoms with E-state index in [4.69, 9.17) is 0 Å². The number of fused-ring (bicyclic) bond motifs is 1. The molecule has 0 aliphatic carbocycles. The van der Waals surface area contributed by atoms with Crippen molar-refractivity contribution in [2.24, 2.45) is 0 Å². The summed E-state index contributed by atoms with van der Waals surface area (Å²) in [5, 5.41) is 3.32. The van der Waals surface area contributed by atoms with Crippen LogP contribution in [0.3, 0.4) is 0 Å². The van der Waals surface area contributed by atoms with Crippen LogP contribution in [0.25, 0.3) is 11.0 Å². The van der Waals surface area contributed by atoms with Gasteiger partial charge in [-0.2, -0.15) is 0 Å². The van der Waals surface area contributed by atoms with Crippen LogP contribution in [-0.4, -0.2) is 42.4 Å². The summed E-state index contributed by atoms with van der Waals surface area (Å²) in [5.74, 6) is 0. The van der Waals surface area contributed by atoms with E-state index in [1.165, 1.54) is 0 Å². The first-order chi connectivity index (χ1) is 8.90. The van der Waals surface area contributed by atoms with E-state index in [9.17, 15) is 4.79 Å². The largest absolute Gasteiger partial charge is 0.367 e. The fourth-order valence-electron chi connectivity index (χ4n) is 2.32. The molecule has 1 aliphatic rings. The second-order valence-electron chi connectivity index (χ2n) is 4.28. The van der Waals surface area contributed by atoms with E-state index in [0.717, 1.165) is 43.7 Å². The lowest BCUT2D eigenvalue weighted by Crippen LogP contribution is -2.43. The lowest BCUT2D eigenvalue weighted by Gasteiger charge is -2.30. The molecule has 1 aromatic carbocycles. The van der Waals surface area contributed by atoms with Crippen molar-refractivity contribution in [3.8, 4) is 0 Å². The van der Waals surface area contributed by atoms with Gasteiger partial charge in [-0.1, -0.05) is 0 Å². The number of benzene rings is 1. The number of piperazine rings is 1. The third-order valence-corrected chi connectivity index (χ3v) is 3.22. The quantitative estimate of drug-likeness (QED) is 0.791. The van der Waals surface area contributed by atoms with Crippen LogP contribution in [0.15, 0.2) is 24.5 Å². The summed E-state index contributed by atoms with van der Waals surface area (Å²) in [4.78, 5) is 21.9. The zero-order valence-corrected chi connectivity index (χ0v) is 9.97. The van der Waals surface area contributed by atoms with Crippen molar-refractivity contribution in [1.29, 1.82) is 0 Å². The zero-order chi connectivity index (χ0) is 12.4. The van der Waals surface area contributed by atoms with Crippen molar-refractivity contribution >= 4 is 23.0 Å². The minimum absolute atomic E-state index is 0.594. The molecule has 1 saturated heterocycles. The minimum Gasteiger partial charge on any atom is -0.367 e. The number of hydrogen-bond donors (Lipinski definition) is 1. The first kappa shape index (κ1) is 11.1. The van der Waals surface area contributed by atoms with E-state index < -0.39 is 0 Å². The van der Waals surface area contributed by atoms with E-state index in [-0.39, 0.29) is 0 Å². The Morgan fingerprint density at radius 3 is 2.56 bits per heavy atom. The number of nitrogens with zero attached hydrogens (tertiary/aromatic N) is 3. The SMILES string of the molecule is O=Cc1ccc(N2CCNCC2)c2nccnc12. The molecule has 0 radical (unpaired) electrons. The second-order valence-corrected chi connectivity index (χ2v) is 4.28. The molecule has 0 spiro atoms. The Bertz CT molecular complexity index is 578. The fraction of sp³-hybridized carbons (Fsp3) is 0.308. The number of rotatable bonds is 2. The van der Waals surface area contributed by atoms with Crippen molar-refractivity contribution < 1.29 is 4.79 Å². The molecule has 2 aromatic rings. The molecule has 0 amide bonds. The predicted molar refractivity (Wildman–Crippen MR) is 70.0 cm³/mol. The molecular formula is C13H14N4O. The summed E-state index contributed by atoms with van der Waals surface area (Å²) < 4.78 is 0. The molecule has 1 fully saturated rings. The Labute approximate surface area is 105 Å². The van der Waals surface area contributed by atoms with Gasteiger partial charge in [-0.3, -0.25) is 14.8 Å². The maximum absolute atomic E-state index is 11.0. The van der Waals surface area contributed by atoms with Crippen LogP contribution in [0.5, 0.6) is 0 Å². The van der Waals surface area contributed by atoms with Crippen LogP contribution in [0.4, 0.5) is 5.69 Å². The molecule has 3 rings (SSSR count). The molecule has 5 nitrogen and oxygen atoms in total. The van der Waals surface area contributed by atoms with Crippen LogP contribution in [0.1, 0.15) is 10.4 Å². The average molecular weight is 242 g/mol. The molecule has 2 heterocycles. The van der Waals surface area contributed by atoms with Gasteiger partial charge in [0.1, 0.15) is 11.0 Å². The molecule has 0 bridgehead atoms. The Balaban J connectivity index is 2.14. The summed E-state index contributed by atoms with van der Waals surface area (Å²) >= 11 is 0. The Morgan fingerprint density at radius 2 is 1.83 bits per heavy atom. The van der Waals surface area contributed by atoms with Crippen LogP contribution in [0.2, 0.25) is 0 Å². The van der Waals surface area contributed by atoms with E-state index >= 15 is 0 Å². The highest BCUT2D eigenvalue weighted by atomic mass is 16.1. The molecule has 18 heavy (non-hydrogen) atoms. The number of aromatic nitrogens is 2. The summed E-state index contributed by atoms with van der Waals surface area (Å²) in [6, 6.07) is 3.79. The molecule has 1 aliphatic heterocycles. The molecule has 1 N–H and O–H groups in total. The van der Waals surface area contributed by atoms with Gasteiger partial charge in [-0.15, -0.1) is 0 Å². The molecule has 5 heteroatoms. The number of carbonyl (C=O) groups excluding carboxylic acids is 1. The highest BCUT2D eigenvalue weighted by molar-refractivity contribution is 5.99. The van der Waals surface area contributed by atoms with E-state index in [0.29, 0.717) is 11.1 Å². The van der Waals surface area contributed by atoms with Crippen LogP contribution in [0, 0.1) is 0 Å². The van der Waals surface area contributed by atoms with Crippen LogP contribution in [-0.2, 0) is 0 Å². The first-order valence-electron chi connectivity index (χ1n) is 6.05. The van der Waals surface area contributed by atoms with Crippen molar-refractivity contribution in [2.75, 3.05) is 31.1 Å². The Morgan fingerprint density at radius 1 is 1.11 bits per heavy atom. The summed E-state index contributed by atoms with van der Waals surface area (Å²) in [6.45, 7) is 3.84. The summed E-state index contributed by atoms with van der Waals surface area (Å²) in [6.07, 6.45) is 4.12. The lowest BCUT2D eigenvalue weighted by atomic mass is 10.1. The summed E-state index contributed by atoms with van der Waals surface area (Å²) in [7, 11) is 0. The van der Waals surface area contributed by atoms with Gasteiger partial charge in [0, 0.05) is 44.1 Å². The Kier molecular flexibility index (Phi) is 2.90. The highest BCUT2D eigenvalue weighted by Crippen LogP contribution is 2.25. The third kappa shape index (κ3) is 1.82. The molecule has 92 valence electrons. The minimum atomic E-state index is 0.594. The molecule has 1 aromatic heterocycles. The number of anilines is 1. The van der Waals surface area contributed by atoms with Gasteiger partial charge < -0.3 is 10.2 Å². The first-order valence-corrected chi connectivity index (χ1v) is 6.05. The van der Waals surface area contributed by atoms with Gasteiger partial charge in [0.05, 0.1) is 5.69 Å². The topological polar surface area (TPSA) is 58.1 Å². The maximum atomic E-state index is 11.0. The van der Waals surface area contributed by atoms with Gasteiger partial charge in [0.25, 0.3) is 0 Å². The second kappa shape index (κ2) is 4.70. The number of hydrogen-bond acceptors (Lipinski definition) is 5. The fourth-order valence-corrected chi connectivity index (χ4v) is 2.32. The van der Waals surface area contributed by atoms with E-state index in [1.54, 1.807) is 12.4 Å². The number of aldehydes is 1. The van der Waals surface area contributed by atoms with Gasteiger partial charge in [-0.05, 0) is 12.1 Å². The normalized spacial score (nSPS) is 15.9.